The number of carbonyl (C=O) groups excluding carboxylic acids is 4. The lowest BCUT2D eigenvalue weighted by Crippen LogP contribution is -2.99. The maximum Gasteiger partial charge on any atom is 0.291 e. The van der Waals surface area contributed by atoms with E-state index in [1.165, 1.54) is 24.3 Å². The normalized spacial score (nSPS) is 28.2. The van der Waals surface area contributed by atoms with Gasteiger partial charge in [-0.15, -0.1) is 0 Å². The van der Waals surface area contributed by atoms with Crippen LogP contribution in [-0.2, 0) is 31.3 Å². The van der Waals surface area contributed by atoms with Crippen LogP contribution in [0.15, 0.2) is 48.5 Å². The zero-order valence-corrected chi connectivity index (χ0v) is 16.9. The molecule has 3 heterocycles. The molecule has 9 heteroatoms. The Labute approximate surface area is 182 Å². The number of halogens is 1. The van der Waals surface area contributed by atoms with Gasteiger partial charge in [-0.3, -0.25) is 19.3 Å². The van der Waals surface area contributed by atoms with Gasteiger partial charge in [-0.2, -0.15) is 0 Å². The maximum atomic E-state index is 13.6. The molecule has 0 saturated carbocycles. The van der Waals surface area contributed by atoms with Crippen molar-refractivity contribution in [3.05, 3.63) is 65.5 Å². The first-order chi connectivity index (χ1) is 15.3. The van der Waals surface area contributed by atoms with Crippen LogP contribution in [0.4, 0.5) is 10.1 Å². The summed E-state index contributed by atoms with van der Waals surface area (Å²) in [7, 11) is 0. The molecule has 3 aliphatic rings. The second kappa shape index (κ2) is 7.23. The van der Waals surface area contributed by atoms with Gasteiger partial charge in [-0.1, -0.05) is 30.3 Å². The number of carboxylic acids is 1. The average Bonchev–Trinajstić information content (AvgIpc) is 3.34. The summed E-state index contributed by atoms with van der Waals surface area (Å²) in [5.41, 5.74) is 0.419. The number of hydrogen-bond acceptors (Lipinski definition) is 5. The Morgan fingerprint density at radius 3 is 2.53 bits per heavy atom. The third kappa shape index (κ3) is 2.85. The number of hydrogen-bond donors (Lipinski definition) is 2. The van der Waals surface area contributed by atoms with Gasteiger partial charge >= 0.3 is 0 Å². The highest BCUT2D eigenvalue weighted by Crippen LogP contribution is 2.49. The van der Waals surface area contributed by atoms with Crippen LogP contribution >= 0.6 is 0 Å². The molecule has 5 rings (SSSR count). The van der Waals surface area contributed by atoms with E-state index in [1.807, 2.05) is 0 Å². The molecule has 2 fully saturated rings. The molecule has 2 aromatic rings. The van der Waals surface area contributed by atoms with Crippen molar-refractivity contribution in [3.8, 4) is 0 Å². The van der Waals surface area contributed by atoms with Crippen molar-refractivity contribution in [2.45, 2.75) is 31.0 Å². The van der Waals surface area contributed by atoms with Crippen LogP contribution in [0.1, 0.15) is 24.0 Å². The molecular formula is C23H20FN3O5. The zero-order chi connectivity index (χ0) is 22.6. The van der Waals surface area contributed by atoms with Crippen molar-refractivity contribution in [3.63, 3.8) is 0 Å². The molecule has 3 N–H and O–H groups in total. The number of imide groups is 1. The number of benzene rings is 2. The van der Waals surface area contributed by atoms with Gasteiger partial charge in [-0.05, 0) is 30.2 Å². The molecule has 0 aromatic heterocycles. The zero-order valence-electron chi connectivity index (χ0n) is 16.9. The Hall–Kier alpha value is -3.59. The van der Waals surface area contributed by atoms with Crippen LogP contribution in [0, 0.1) is 17.7 Å². The fourth-order valence-electron chi connectivity index (χ4n) is 5.46. The first-order valence-electron chi connectivity index (χ1n) is 10.4. The number of carboxylic acid groups (broad SMARTS) is 1. The molecule has 3 aliphatic heterocycles. The Bertz CT molecular complexity index is 1150. The van der Waals surface area contributed by atoms with Crippen molar-refractivity contribution < 1.29 is 34.0 Å². The molecule has 1 spiro atoms. The van der Waals surface area contributed by atoms with Gasteiger partial charge in [0.2, 0.25) is 17.4 Å². The number of para-hydroxylation sites is 1. The summed E-state index contributed by atoms with van der Waals surface area (Å²) >= 11 is 0. The number of fused-ring (bicyclic) bond motifs is 4. The smallest absolute Gasteiger partial charge is 0.291 e. The van der Waals surface area contributed by atoms with E-state index in [-0.39, 0.29) is 19.4 Å². The van der Waals surface area contributed by atoms with E-state index in [2.05, 4.69) is 5.32 Å². The van der Waals surface area contributed by atoms with Crippen molar-refractivity contribution in [2.24, 2.45) is 11.8 Å². The highest BCUT2D eigenvalue weighted by molar-refractivity contribution is 6.13. The number of nitrogens with one attached hydrogen (secondary N) is 1. The number of amides is 3. The number of carbonyl (C=O) groups is 4. The predicted octanol–water partition coefficient (Wildman–Crippen LogP) is -0.750. The van der Waals surface area contributed by atoms with Crippen LogP contribution in [0.5, 0.6) is 0 Å². The van der Waals surface area contributed by atoms with Crippen molar-refractivity contribution >= 4 is 29.4 Å². The highest BCUT2D eigenvalue weighted by atomic mass is 19.1. The highest BCUT2D eigenvalue weighted by Gasteiger charge is 2.73. The average molecular weight is 437 g/mol. The number of nitrogens with two attached hydrogens (primary N) is 1. The van der Waals surface area contributed by atoms with Gasteiger partial charge in [0.25, 0.3) is 5.91 Å². The fraction of sp³-hybridized carbons (Fsp3) is 0.304. The Balaban J connectivity index is 1.56. The molecule has 0 radical (unpaired) electrons. The molecule has 8 nitrogen and oxygen atoms in total. The van der Waals surface area contributed by atoms with Gasteiger partial charge in [0, 0.05) is 18.0 Å². The minimum Gasteiger partial charge on any atom is -0.550 e. The Morgan fingerprint density at radius 1 is 1.09 bits per heavy atom. The summed E-state index contributed by atoms with van der Waals surface area (Å²) in [6.07, 6.45) is -0.201. The van der Waals surface area contributed by atoms with E-state index in [0.717, 1.165) is 4.90 Å². The lowest BCUT2D eigenvalue weighted by Gasteiger charge is -2.26. The number of likely N-dealkylation sites (tertiary alicyclic amines) is 1. The van der Waals surface area contributed by atoms with Crippen LogP contribution in [0.25, 0.3) is 0 Å². The lowest BCUT2D eigenvalue weighted by molar-refractivity contribution is -0.734. The maximum absolute atomic E-state index is 13.6. The number of quaternary nitrogens is 1. The molecule has 0 bridgehead atoms. The topological polar surface area (TPSA) is 123 Å². The van der Waals surface area contributed by atoms with Gasteiger partial charge in [0.15, 0.2) is 0 Å². The molecule has 0 unspecified atom stereocenters. The second-order valence-electron chi connectivity index (χ2n) is 8.50. The fourth-order valence-corrected chi connectivity index (χ4v) is 5.46. The van der Waals surface area contributed by atoms with Crippen LogP contribution in [0.2, 0.25) is 0 Å². The van der Waals surface area contributed by atoms with Gasteiger partial charge in [0.1, 0.15) is 23.7 Å². The number of rotatable bonds is 5. The minimum absolute atomic E-state index is 0.0441. The van der Waals surface area contributed by atoms with Crippen LogP contribution in [0.3, 0.4) is 0 Å². The van der Waals surface area contributed by atoms with Crippen LogP contribution < -0.4 is 15.7 Å². The van der Waals surface area contributed by atoms with Crippen molar-refractivity contribution in [1.29, 1.82) is 0 Å². The van der Waals surface area contributed by atoms with E-state index in [4.69, 9.17) is 0 Å². The lowest BCUT2D eigenvalue weighted by atomic mass is 9.76. The van der Waals surface area contributed by atoms with E-state index in [9.17, 15) is 28.7 Å². The molecular weight excluding hydrogens is 417 g/mol. The van der Waals surface area contributed by atoms with Gasteiger partial charge < -0.3 is 20.5 Å². The van der Waals surface area contributed by atoms with E-state index < -0.39 is 52.9 Å². The third-order valence-electron chi connectivity index (χ3n) is 6.80. The van der Waals surface area contributed by atoms with Crippen molar-refractivity contribution in [2.75, 3.05) is 5.32 Å². The SMILES string of the molecule is O=C([O-])CC[C@H]1[NH2+][C@@]2(C(=O)Nc3ccccc32)[C@@H]2C(=O)N(Cc3ccc(F)cc3)C(=O)[C@@H]21. The Kier molecular flexibility index (Phi) is 4.59. The summed E-state index contributed by atoms with van der Waals surface area (Å²) in [6.45, 7) is -0.0441. The quantitative estimate of drug-likeness (QED) is 0.596. The molecule has 4 atom stereocenters. The summed E-state index contributed by atoms with van der Waals surface area (Å²) in [5.74, 6) is -4.83. The monoisotopic (exact) mass is 437 g/mol. The molecule has 3 amide bonds. The molecule has 2 aromatic carbocycles. The summed E-state index contributed by atoms with van der Waals surface area (Å²) in [4.78, 5) is 52.4. The molecule has 164 valence electrons. The minimum atomic E-state index is -1.35. The van der Waals surface area contributed by atoms with E-state index in [0.29, 0.717) is 16.8 Å². The summed E-state index contributed by atoms with van der Waals surface area (Å²) in [5, 5.41) is 15.6. The van der Waals surface area contributed by atoms with Gasteiger partial charge in [-0.25, -0.2) is 4.39 Å². The third-order valence-corrected chi connectivity index (χ3v) is 6.80. The second-order valence-corrected chi connectivity index (χ2v) is 8.50. The van der Waals surface area contributed by atoms with Crippen molar-refractivity contribution in [1.82, 2.24) is 4.90 Å². The van der Waals surface area contributed by atoms with E-state index >= 15 is 0 Å². The van der Waals surface area contributed by atoms with E-state index in [1.54, 1.807) is 29.6 Å². The molecule has 0 aliphatic carbocycles. The van der Waals surface area contributed by atoms with Crippen LogP contribution in [-0.4, -0.2) is 34.6 Å². The number of aliphatic carboxylic acids is 1. The number of nitrogens with zero attached hydrogens (tertiary/aromatic N) is 1. The first-order valence-corrected chi connectivity index (χ1v) is 10.4. The standard InChI is InChI=1S/C23H20FN3O5/c24-13-7-5-12(6-8-13)11-27-20(30)18-16(9-10-17(28)29)26-23(19(18)21(27)31)14-3-1-2-4-15(14)25-22(23)32/h1-8,16,18-19,26H,9-11H2,(H,25,32)(H,28,29)/t16-,18-,19+,23-/m1/s1. The number of anilines is 1. The van der Waals surface area contributed by atoms with Gasteiger partial charge in [0.05, 0.1) is 12.2 Å². The molecule has 2 saturated heterocycles. The summed E-state index contributed by atoms with van der Waals surface area (Å²) in [6, 6.07) is 11.9. The summed E-state index contributed by atoms with van der Waals surface area (Å²) < 4.78 is 13.3. The largest absolute Gasteiger partial charge is 0.550 e. The molecule has 32 heavy (non-hydrogen) atoms. The first kappa shape index (κ1) is 20.3. The Morgan fingerprint density at radius 2 is 1.81 bits per heavy atom. The predicted molar refractivity (Wildman–Crippen MR) is 106 cm³/mol.